The Labute approximate surface area is 142 Å². The third-order valence-corrected chi connectivity index (χ3v) is 6.15. The zero-order valence-corrected chi connectivity index (χ0v) is 14.8. The van der Waals surface area contributed by atoms with Crippen LogP contribution in [-0.4, -0.2) is 36.2 Å². The summed E-state index contributed by atoms with van der Waals surface area (Å²) >= 11 is 0. The summed E-state index contributed by atoms with van der Waals surface area (Å²) in [6.45, 7) is 3.26. The summed E-state index contributed by atoms with van der Waals surface area (Å²) in [4.78, 5) is 0. The second kappa shape index (κ2) is 6.94. The van der Waals surface area contributed by atoms with E-state index in [1.165, 1.54) is 0 Å². The number of hydrogen-bond donors (Lipinski definition) is 1. The summed E-state index contributed by atoms with van der Waals surface area (Å²) in [5.74, 6) is 2.28. The highest BCUT2D eigenvalue weighted by Crippen LogP contribution is 2.27. The van der Waals surface area contributed by atoms with Crippen LogP contribution in [0.4, 0.5) is 0 Å². The van der Waals surface area contributed by atoms with E-state index in [4.69, 9.17) is 4.74 Å². The van der Waals surface area contributed by atoms with Crippen molar-refractivity contribution < 1.29 is 13.2 Å². The number of para-hydroxylation sites is 1. The molecule has 1 aliphatic heterocycles. The highest BCUT2D eigenvalue weighted by Gasteiger charge is 2.27. The van der Waals surface area contributed by atoms with Gasteiger partial charge in [0.1, 0.15) is 5.75 Å². The predicted octanol–water partition coefficient (Wildman–Crippen LogP) is 2.05. The molecule has 2 heterocycles. The highest BCUT2D eigenvalue weighted by molar-refractivity contribution is 7.91. The van der Waals surface area contributed by atoms with Gasteiger partial charge < -0.3 is 10.1 Å². The molecular weight excluding hydrogens is 326 g/mol. The largest absolute Gasteiger partial charge is 0.439 e. The molecule has 0 amide bonds. The summed E-state index contributed by atoms with van der Waals surface area (Å²) in [5, 5.41) is 7.80. The van der Waals surface area contributed by atoms with E-state index in [1.807, 2.05) is 44.3 Å². The van der Waals surface area contributed by atoms with Gasteiger partial charge in [-0.1, -0.05) is 18.2 Å². The Morgan fingerprint density at radius 1 is 1.33 bits per heavy atom. The van der Waals surface area contributed by atoms with Crippen LogP contribution in [-0.2, 0) is 23.4 Å². The zero-order chi connectivity index (χ0) is 17.2. The molecule has 6 nitrogen and oxygen atoms in total. The first-order valence-corrected chi connectivity index (χ1v) is 9.93. The van der Waals surface area contributed by atoms with E-state index in [9.17, 15) is 8.42 Å². The Balaban J connectivity index is 1.65. The quantitative estimate of drug-likeness (QED) is 0.864. The number of aromatic nitrogens is 2. The molecule has 2 aromatic rings. The van der Waals surface area contributed by atoms with E-state index in [-0.39, 0.29) is 5.92 Å². The number of nitrogens with one attached hydrogen (secondary N) is 1. The minimum absolute atomic E-state index is 0.200. The second-order valence-electron chi connectivity index (χ2n) is 6.31. The van der Waals surface area contributed by atoms with Crippen molar-refractivity contribution in [3.8, 4) is 11.6 Å². The van der Waals surface area contributed by atoms with Gasteiger partial charge in [-0.3, -0.25) is 0 Å². The number of aryl methyl sites for hydroxylation is 2. The van der Waals surface area contributed by atoms with E-state index in [0.717, 1.165) is 23.4 Å². The number of nitrogens with zero attached hydrogens (tertiary/aromatic N) is 2. The van der Waals surface area contributed by atoms with Gasteiger partial charge in [0.15, 0.2) is 9.84 Å². The summed E-state index contributed by atoms with van der Waals surface area (Å²) in [6.07, 6.45) is 0.745. The molecule has 0 radical (unpaired) electrons. The number of rotatable bonds is 6. The molecule has 24 heavy (non-hydrogen) atoms. The molecule has 3 rings (SSSR count). The third-order valence-electron chi connectivity index (χ3n) is 4.31. The average Bonchev–Trinajstić information content (AvgIpc) is 3.01. The Morgan fingerprint density at radius 3 is 2.75 bits per heavy atom. The molecule has 0 bridgehead atoms. The van der Waals surface area contributed by atoms with E-state index in [0.29, 0.717) is 30.5 Å². The molecule has 0 aliphatic carbocycles. The molecule has 1 N–H and O–H groups in total. The number of sulfone groups is 1. The van der Waals surface area contributed by atoms with Gasteiger partial charge >= 0.3 is 0 Å². The highest BCUT2D eigenvalue weighted by atomic mass is 32.2. The lowest BCUT2D eigenvalue weighted by molar-refractivity contribution is 0.422. The molecular formula is C17H23N3O3S. The minimum atomic E-state index is -2.82. The first-order chi connectivity index (χ1) is 11.4. The topological polar surface area (TPSA) is 73.2 Å². The summed E-state index contributed by atoms with van der Waals surface area (Å²) in [7, 11) is -0.965. The Bertz CT molecular complexity index is 800. The van der Waals surface area contributed by atoms with Crippen molar-refractivity contribution in [2.24, 2.45) is 13.0 Å². The van der Waals surface area contributed by atoms with Crippen LogP contribution in [0.1, 0.15) is 17.7 Å². The van der Waals surface area contributed by atoms with Crippen LogP contribution in [0.5, 0.6) is 11.6 Å². The number of benzene rings is 1. The Morgan fingerprint density at radius 2 is 2.08 bits per heavy atom. The van der Waals surface area contributed by atoms with Gasteiger partial charge in [0.05, 0.1) is 22.8 Å². The van der Waals surface area contributed by atoms with E-state index < -0.39 is 9.84 Å². The van der Waals surface area contributed by atoms with Crippen molar-refractivity contribution in [2.75, 3.05) is 18.1 Å². The van der Waals surface area contributed by atoms with Crippen molar-refractivity contribution in [3.05, 3.63) is 41.6 Å². The molecule has 1 aromatic heterocycles. The molecule has 0 spiro atoms. The zero-order valence-electron chi connectivity index (χ0n) is 14.0. The van der Waals surface area contributed by atoms with Crippen LogP contribution < -0.4 is 10.1 Å². The fourth-order valence-corrected chi connectivity index (χ4v) is 4.91. The SMILES string of the molecule is Cc1nn(C)c(Oc2ccccc2)c1CNC[C@H]1CCS(=O)(=O)C1. The van der Waals surface area contributed by atoms with Gasteiger partial charge in [0.2, 0.25) is 5.88 Å². The summed E-state index contributed by atoms with van der Waals surface area (Å²) in [5.41, 5.74) is 1.91. The normalized spacial score (nSPS) is 19.5. The molecule has 1 atom stereocenters. The number of ether oxygens (including phenoxy) is 1. The summed E-state index contributed by atoms with van der Waals surface area (Å²) in [6, 6.07) is 9.61. The molecule has 1 fully saturated rings. The maximum Gasteiger partial charge on any atom is 0.222 e. The van der Waals surface area contributed by atoms with Crippen molar-refractivity contribution in [1.29, 1.82) is 0 Å². The molecule has 1 aliphatic rings. The van der Waals surface area contributed by atoms with Crippen molar-refractivity contribution in [3.63, 3.8) is 0 Å². The van der Waals surface area contributed by atoms with Crippen LogP contribution in [0.3, 0.4) is 0 Å². The minimum Gasteiger partial charge on any atom is -0.439 e. The fourth-order valence-electron chi connectivity index (χ4n) is 3.05. The van der Waals surface area contributed by atoms with Crippen LogP contribution in [0.15, 0.2) is 30.3 Å². The fraction of sp³-hybridized carbons (Fsp3) is 0.471. The van der Waals surface area contributed by atoms with E-state index in [2.05, 4.69) is 10.4 Å². The van der Waals surface area contributed by atoms with E-state index in [1.54, 1.807) is 4.68 Å². The Kier molecular flexibility index (Phi) is 4.91. The third kappa shape index (κ3) is 3.96. The molecule has 7 heteroatoms. The van der Waals surface area contributed by atoms with Gasteiger partial charge in [-0.2, -0.15) is 5.10 Å². The lowest BCUT2D eigenvalue weighted by Gasteiger charge is -2.12. The lowest BCUT2D eigenvalue weighted by atomic mass is 10.1. The first-order valence-electron chi connectivity index (χ1n) is 8.11. The van der Waals surface area contributed by atoms with Gasteiger partial charge in [0.25, 0.3) is 0 Å². The van der Waals surface area contributed by atoms with Crippen molar-refractivity contribution in [2.45, 2.75) is 19.9 Å². The van der Waals surface area contributed by atoms with Gasteiger partial charge in [0, 0.05) is 13.6 Å². The van der Waals surface area contributed by atoms with E-state index >= 15 is 0 Å². The van der Waals surface area contributed by atoms with Crippen LogP contribution in [0.25, 0.3) is 0 Å². The molecule has 1 aromatic carbocycles. The monoisotopic (exact) mass is 349 g/mol. The van der Waals surface area contributed by atoms with Gasteiger partial charge in [-0.25, -0.2) is 13.1 Å². The number of hydrogen-bond acceptors (Lipinski definition) is 5. The van der Waals surface area contributed by atoms with Crippen molar-refractivity contribution in [1.82, 2.24) is 15.1 Å². The second-order valence-corrected chi connectivity index (χ2v) is 8.54. The van der Waals surface area contributed by atoms with Gasteiger partial charge in [-0.05, 0) is 37.9 Å². The van der Waals surface area contributed by atoms with Crippen LogP contribution in [0.2, 0.25) is 0 Å². The van der Waals surface area contributed by atoms with Crippen LogP contribution >= 0.6 is 0 Å². The molecule has 0 saturated carbocycles. The summed E-state index contributed by atoms with van der Waals surface area (Å²) < 4.78 is 30.8. The molecule has 0 unspecified atom stereocenters. The lowest BCUT2D eigenvalue weighted by Crippen LogP contribution is -2.23. The Hall–Kier alpha value is -1.86. The molecule has 1 saturated heterocycles. The maximum absolute atomic E-state index is 11.5. The first kappa shape index (κ1) is 17.0. The van der Waals surface area contributed by atoms with Gasteiger partial charge in [-0.15, -0.1) is 0 Å². The standard InChI is InChI=1S/C17H23N3O3S/c1-13-16(11-18-10-14-8-9-24(21,22)12-14)17(20(2)19-13)23-15-6-4-3-5-7-15/h3-7,14,18H,8-12H2,1-2H3/t14-/m1/s1. The smallest absolute Gasteiger partial charge is 0.222 e. The predicted molar refractivity (Wildman–Crippen MR) is 92.9 cm³/mol. The van der Waals surface area contributed by atoms with Crippen LogP contribution in [0, 0.1) is 12.8 Å². The molecule has 130 valence electrons. The maximum atomic E-state index is 11.5. The average molecular weight is 349 g/mol. The van der Waals surface area contributed by atoms with Crippen molar-refractivity contribution >= 4 is 9.84 Å².